The van der Waals surface area contributed by atoms with E-state index in [1.54, 1.807) is 36.4 Å². The van der Waals surface area contributed by atoms with Crippen LogP contribution in [-0.2, 0) is 25.0 Å². The van der Waals surface area contributed by atoms with E-state index < -0.39 is 16.0 Å². The largest absolute Gasteiger partial charge is 0.457 e. The number of nitrogens with zero attached hydrogens (tertiary/aromatic N) is 1. The van der Waals surface area contributed by atoms with E-state index >= 15 is 0 Å². The second-order valence-corrected chi connectivity index (χ2v) is 13.2. The predicted octanol–water partition coefficient (Wildman–Crippen LogP) is 6.88. The number of ether oxygens (including phenoxy) is 1. The SMILES string of the molecule is Cc1ccc(S(=O)(=O)N/N=C(/C(=O)O[C@H]2CCCC[C@@H]2C(C)(C)c2ccc(C(C)C)cc2)c2ccccc2)cc1. The van der Waals surface area contributed by atoms with Gasteiger partial charge >= 0.3 is 5.97 Å². The molecule has 212 valence electrons. The van der Waals surface area contributed by atoms with Gasteiger partial charge in [0.15, 0.2) is 5.71 Å². The molecule has 0 heterocycles. The number of nitrogens with one attached hydrogen (secondary N) is 1. The van der Waals surface area contributed by atoms with E-state index in [2.05, 4.69) is 61.9 Å². The highest BCUT2D eigenvalue weighted by Gasteiger charge is 2.41. The van der Waals surface area contributed by atoms with Crippen LogP contribution in [0.25, 0.3) is 0 Å². The number of rotatable bonds is 9. The van der Waals surface area contributed by atoms with E-state index in [9.17, 15) is 13.2 Å². The minimum Gasteiger partial charge on any atom is -0.457 e. The topological polar surface area (TPSA) is 84.8 Å². The maximum Gasteiger partial charge on any atom is 0.359 e. The summed E-state index contributed by atoms with van der Waals surface area (Å²) in [6.45, 7) is 10.7. The van der Waals surface area contributed by atoms with Crippen LogP contribution in [0.4, 0.5) is 0 Å². The molecule has 2 atom stereocenters. The minimum atomic E-state index is -3.97. The molecule has 1 saturated carbocycles. The highest BCUT2D eigenvalue weighted by molar-refractivity contribution is 7.89. The van der Waals surface area contributed by atoms with E-state index in [0.717, 1.165) is 31.2 Å². The van der Waals surface area contributed by atoms with Crippen LogP contribution in [0.15, 0.2) is 88.9 Å². The fraction of sp³-hybridized carbons (Fsp3) is 0.394. The van der Waals surface area contributed by atoms with Gasteiger partial charge in [0, 0.05) is 11.5 Å². The van der Waals surface area contributed by atoms with E-state index in [4.69, 9.17) is 4.74 Å². The second-order valence-electron chi connectivity index (χ2n) is 11.6. The zero-order chi connectivity index (χ0) is 28.9. The molecule has 0 amide bonds. The molecular weight excluding hydrogens is 520 g/mol. The molecule has 6 nitrogen and oxygen atoms in total. The maximum absolute atomic E-state index is 13.7. The van der Waals surface area contributed by atoms with Gasteiger partial charge in [0.1, 0.15) is 6.10 Å². The van der Waals surface area contributed by atoms with E-state index in [-0.39, 0.29) is 28.0 Å². The molecule has 0 bridgehead atoms. The number of aryl methyl sites for hydroxylation is 1. The maximum atomic E-state index is 13.7. The molecule has 0 unspecified atom stereocenters. The van der Waals surface area contributed by atoms with Gasteiger partial charge in [-0.1, -0.05) is 106 Å². The van der Waals surface area contributed by atoms with Crippen LogP contribution in [0.5, 0.6) is 0 Å². The van der Waals surface area contributed by atoms with Crippen molar-refractivity contribution in [2.24, 2.45) is 11.0 Å². The van der Waals surface area contributed by atoms with Gasteiger partial charge in [-0.15, -0.1) is 0 Å². The van der Waals surface area contributed by atoms with Crippen molar-refractivity contribution in [2.75, 3.05) is 0 Å². The number of esters is 1. The molecule has 0 aliphatic heterocycles. The lowest BCUT2D eigenvalue weighted by Crippen LogP contribution is -2.43. The van der Waals surface area contributed by atoms with Crippen LogP contribution in [0.1, 0.15) is 81.5 Å². The molecule has 1 aliphatic carbocycles. The Morgan fingerprint density at radius 3 is 2.17 bits per heavy atom. The first kappa shape index (κ1) is 29.5. The summed E-state index contributed by atoms with van der Waals surface area (Å²) >= 11 is 0. The van der Waals surface area contributed by atoms with Gasteiger partial charge in [0.25, 0.3) is 10.0 Å². The normalized spacial score (nSPS) is 18.4. The first-order valence-electron chi connectivity index (χ1n) is 14.0. The van der Waals surface area contributed by atoms with Crippen molar-refractivity contribution in [1.82, 2.24) is 4.83 Å². The smallest absolute Gasteiger partial charge is 0.359 e. The summed E-state index contributed by atoms with van der Waals surface area (Å²) in [5.41, 5.74) is 3.64. The molecule has 0 radical (unpaired) electrons. The van der Waals surface area contributed by atoms with Gasteiger partial charge in [0.05, 0.1) is 4.90 Å². The fourth-order valence-corrected chi connectivity index (χ4v) is 6.28. The van der Waals surface area contributed by atoms with E-state index in [1.165, 1.54) is 23.3 Å². The Hall–Kier alpha value is -3.45. The Balaban J connectivity index is 1.60. The highest BCUT2D eigenvalue weighted by atomic mass is 32.2. The average Bonchev–Trinajstić information content (AvgIpc) is 2.94. The Labute approximate surface area is 238 Å². The number of hydrogen-bond acceptors (Lipinski definition) is 5. The summed E-state index contributed by atoms with van der Waals surface area (Å²) in [6, 6.07) is 24.0. The predicted molar refractivity (Wildman–Crippen MR) is 160 cm³/mol. The summed E-state index contributed by atoms with van der Waals surface area (Å²) < 4.78 is 32.0. The van der Waals surface area contributed by atoms with Crippen molar-refractivity contribution >= 4 is 21.7 Å². The van der Waals surface area contributed by atoms with Crippen LogP contribution in [-0.4, -0.2) is 26.2 Å². The molecule has 0 aromatic heterocycles. The molecule has 0 spiro atoms. The highest BCUT2D eigenvalue weighted by Crippen LogP contribution is 2.42. The Morgan fingerprint density at radius 2 is 1.55 bits per heavy atom. The first-order chi connectivity index (χ1) is 19.0. The number of carbonyl (C=O) groups is 1. The number of sulfonamides is 1. The summed E-state index contributed by atoms with van der Waals surface area (Å²) in [5, 5.41) is 4.11. The van der Waals surface area contributed by atoms with Crippen molar-refractivity contribution in [3.05, 3.63) is 101 Å². The number of benzene rings is 3. The lowest BCUT2D eigenvalue weighted by Gasteiger charge is -2.42. The molecule has 40 heavy (non-hydrogen) atoms. The molecule has 0 saturated heterocycles. The monoisotopic (exact) mass is 560 g/mol. The lowest BCUT2D eigenvalue weighted by atomic mass is 9.66. The zero-order valence-corrected chi connectivity index (χ0v) is 24.9. The van der Waals surface area contributed by atoms with Crippen LogP contribution in [0.2, 0.25) is 0 Å². The van der Waals surface area contributed by atoms with Crippen LogP contribution < -0.4 is 4.83 Å². The van der Waals surface area contributed by atoms with Gasteiger partial charge in [-0.25, -0.2) is 4.79 Å². The van der Waals surface area contributed by atoms with E-state index in [0.29, 0.717) is 11.5 Å². The third kappa shape index (κ3) is 6.81. The van der Waals surface area contributed by atoms with Crippen LogP contribution in [0, 0.1) is 12.8 Å². The van der Waals surface area contributed by atoms with E-state index in [1.807, 2.05) is 13.0 Å². The van der Waals surface area contributed by atoms with Gasteiger partial charge < -0.3 is 4.74 Å². The molecule has 1 aliphatic rings. The van der Waals surface area contributed by atoms with Crippen molar-refractivity contribution in [1.29, 1.82) is 0 Å². The quantitative estimate of drug-likeness (QED) is 0.176. The molecule has 3 aromatic carbocycles. The summed E-state index contributed by atoms with van der Waals surface area (Å²) in [7, 11) is -3.97. The van der Waals surface area contributed by atoms with Gasteiger partial charge in [-0.3, -0.25) is 0 Å². The summed E-state index contributed by atoms with van der Waals surface area (Å²) in [4.78, 5) is 16.0. The molecular formula is C33H40N2O4S. The molecule has 3 aromatic rings. The summed E-state index contributed by atoms with van der Waals surface area (Å²) in [5.74, 6) is -0.0725. The molecule has 7 heteroatoms. The standard InChI is InChI=1S/C33H40N2O4S/c1-23(2)25-17-19-27(20-18-25)33(4,5)29-13-9-10-14-30(29)39-32(36)31(26-11-7-6-8-12-26)34-35-40(37,38)28-21-15-24(3)16-22-28/h6-8,11-12,15-23,29-30,35H,9-10,13-14H2,1-5H3/b34-31+/t29-,30-/m0/s1. The van der Waals surface area contributed by atoms with Crippen LogP contribution >= 0.6 is 0 Å². The second kappa shape index (κ2) is 12.4. The lowest BCUT2D eigenvalue weighted by molar-refractivity contribution is -0.146. The van der Waals surface area contributed by atoms with Crippen molar-refractivity contribution in [3.63, 3.8) is 0 Å². The zero-order valence-electron chi connectivity index (χ0n) is 24.1. The van der Waals surface area contributed by atoms with Crippen LogP contribution in [0.3, 0.4) is 0 Å². The number of carbonyl (C=O) groups excluding carboxylic acids is 1. The molecule has 4 rings (SSSR count). The first-order valence-corrected chi connectivity index (χ1v) is 15.5. The Kier molecular flexibility index (Phi) is 9.14. The van der Waals surface area contributed by atoms with Crippen molar-refractivity contribution in [3.8, 4) is 0 Å². The molecule has 1 N–H and O–H groups in total. The Bertz CT molecular complexity index is 1430. The van der Waals surface area contributed by atoms with Gasteiger partial charge in [-0.2, -0.15) is 18.4 Å². The van der Waals surface area contributed by atoms with Crippen molar-refractivity contribution in [2.45, 2.75) is 82.6 Å². The van der Waals surface area contributed by atoms with Gasteiger partial charge in [0.2, 0.25) is 0 Å². The number of hydrazone groups is 1. The number of hydrogen-bond donors (Lipinski definition) is 1. The third-order valence-electron chi connectivity index (χ3n) is 8.06. The molecule has 1 fully saturated rings. The third-order valence-corrected chi connectivity index (χ3v) is 9.28. The minimum absolute atomic E-state index is 0.0696. The fourth-order valence-electron chi connectivity index (χ4n) is 5.47. The van der Waals surface area contributed by atoms with Crippen molar-refractivity contribution < 1.29 is 17.9 Å². The Morgan fingerprint density at radius 1 is 0.925 bits per heavy atom. The average molecular weight is 561 g/mol. The van der Waals surface area contributed by atoms with Gasteiger partial charge in [-0.05, 0) is 60.8 Å². The summed E-state index contributed by atoms with van der Waals surface area (Å²) in [6.07, 6.45) is 3.41.